The molecule has 2 fully saturated rings. The number of aliphatic carboxylic acids is 1. The minimum atomic E-state index is -4.43. The smallest absolute Gasteiger partial charge is 0.416 e. The summed E-state index contributed by atoms with van der Waals surface area (Å²) in [6, 6.07) is 4.34. The molecule has 0 aromatic heterocycles. The van der Waals surface area contributed by atoms with Crippen molar-refractivity contribution in [2.24, 2.45) is 11.3 Å². The van der Waals surface area contributed by atoms with Crippen molar-refractivity contribution in [2.75, 3.05) is 13.1 Å². The lowest BCUT2D eigenvalue weighted by Crippen LogP contribution is -2.41. The summed E-state index contributed by atoms with van der Waals surface area (Å²) in [6.45, 7) is 0.492. The summed E-state index contributed by atoms with van der Waals surface area (Å²) in [7, 11) is 0. The zero-order valence-electron chi connectivity index (χ0n) is 13.5. The molecule has 2 aliphatic rings. The number of carboxylic acid groups (broad SMARTS) is 1. The second kappa shape index (κ2) is 6.24. The van der Waals surface area contributed by atoms with E-state index in [4.69, 9.17) is 0 Å². The molecule has 0 bridgehead atoms. The molecular formula is C17H19F3N2O3. The predicted molar refractivity (Wildman–Crippen MR) is 82.7 cm³/mol. The Hall–Kier alpha value is -2.25. The van der Waals surface area contributed by atoms with Gasteiger partial charge in [-0.2, -0.15) is 13.2 Å². The quantitative estimate of drug-likeness (QED) is 0.874. The van der Waals surface area contributed by atoms with E-state index in [-0.39, 0.29) is 19.0 Å². The largest absolute Gasteiger partial charge is 0.481 e. The fourth-order valence-electron chi connectivity index (χ4n) is 3.94. The summed E-state index contributed by atoms with van der Waals surface area (Å²) in [5.74, 6) is -0.924. The number of carbonyl (C=O) groups is 2. The van der Waals surface area contributed by atoms with Gasteiger partial charge in [-0.3, -0.25) is 4.79 Å². The fraction of sp³-hybridized carbons (Fsp3) is 0.529. The summed E-state index contributed by atoms with van der Waals surface area (Å²) >= 11 is 0. The van der Waals surface area contributed by atoms with Crippen molar-refractivity contribution in [1.29, 1.82) is 0 Å². The molecule has 1 aliphatic heterocycles. The number of nitrogens with zero attached hydrogens (tertiary/aromatic N) is 1. The zero-order valence-corrected chi connectivity index (χ0v) is 13.5. The number of halogens is 3. The first-order valence-electron chi connectivity index (χ1n) is 8.15. The van der Waals surface area contributed by atoms with E-state index in [0.29, 0.717) is 18.5 Å². The average molecular weight is 356 g/mol. The average Bonchev–Trinajstić information content (AvgIpc) is 3.10. The number of fused-ring (bicyclic) bond motifs is 1. The number of alkyl halides is 3. The summed E-state index contributed by atoms with van der Waals surface area (Å²) in [5, 5.41) is 12.1. The Kier molecular flexibility index (Phi) is 4.38. The van der Waals surface area contributed by atoms with E-state index in [0.717, 1.165) is 25.0 Å². The summed E-state index contributed by atoms with van der Waals surface area (Å²) in [6.07, 6.45) is -2.24. The highest BCUT2D eigenvalue weighted by atomic mass is 19.4. The van der Waals surface area contributed by atoms with E-state index < -0.39 is 29.2 Å². The van der Waals surface area contributed by atoms with Crippen LogP contribution in [0.2, 0.25) is 0 Å². The standard InChI is InChI=1S/C17H19F3N2O3/c18-17(19,20)12-4-1-3-11(7-12)8-21-15(25)22-9-13-5-2-6-16(13,10-22)14(23)24/h1,3-4,7,13H,2,5-6,8-10H2,(H,21,25)(H,23,24)/t13-,16+/m0/s1. The number of carboxylic acids is 1. The van der Waals surface area contributed by atoms with Crippen LogP contribution >= 0.6 is 0 Å². The number of hydrogen-bond acceptors (Lipinski definition) is 2. The van der Waals surface area contributed by atoms with E-state index >= 15 is 0 Å². The third-order valence-corrected chi connectivity index (χ3v) is 5.28. The summed E-state index contributed by atoms with van der Waals surface area (Å²) in [5.41, 5.74) is -1.29. The second-order valence-electron chi connectivity index (χ2n) is 6.79. The van der Waals surface area contributed by atoms with Gasteiger partial charge in [-0.25, -0.2) is 4.79 Å². The number of benzene rings is 1. The van der Waals surface area contributed by atoms with Crippen molar-refractivity contribution < 1.29 is 27.9 Å². The highest BCUT2D eigenvalue weighted by Gasteiger charge is 2.55. The van der Waals surface area contributed by atoms with Crippen LogP contribution in [0, 0.1) is 11.3 Å². The number of rotatable bonds is 3. The van der Waals surface area contributed by atoms with Crippen molar-refractivity contribution in [3.05, 3.63) is 35.4 Å². The Balaban J connectivity index is 1.62. The van der Waals surface area contributed by atoms with Crippen LogP contribution in [-0.4, -0.2) is 35.1 Å². The molecule has 1 aliphatic carbocycles. The van der Waals surface area contributed by atoms with Gasteiger partial charge in [-0.15, -0.1) is 0 Å². The minimum absolute atomic E-state index is 0.0377. The molecule has 2 N–H and O–H groups in total. The molecule has 0 spiro atoms. The molecule has 3 rings (SSSR count). The Morgan fingerprint density at radius 1 is 1.36 bits per heavy atom. The van der Waals surface area contributed by atoms with Gasteiger partial charge in [-0.1, -0.05) is 18.6 Å². The number of amides is 2. The van der Waals surface area contributed by atoms with E-state index in [2.05, 4.69) is 5.32 Å². The molecule has 1 aromatic rings. The van der Waals surface area contributed by atoms with Crippen LogP contribution in [0.15, 0.2) is 24.3 Å². The second-order valence-corrected chi connectivity index (χ2v) is 6.79. The van der Waals surface area contributed by atoms with Gasteiger partial charge < -0.3 is 15.3 Å². The van der Waals surface area contributed by atoms with Gasteiger partial charge in [-0.05, 0) is 36.5 Å². The van der Waals surface area contributed by atoms with E-state index in [1.807, 2.05) is 0 Å². The van der Waals surface area contributed by atoms with Crippen molar-refractivity contribution in [3.8, 4) is 0 Å². The Morgan fingerprint density at radius 2 is 2.12 bits per heavy atom. The zero-order chi connectivity index (χ0) is 18.2. The molecule has 1 saturated heterocycles. The number of urea groups is 1. The van der Waals surface area contributed by atoms with Gasteiger partial charge in [0.1, 0.15) is 0 Å². The van der Waals surface area contributed by atoms with Crippen molar-refractivity contribution >= 4 is 12.0 Å². The fourth-order valence-corrected chi connectivity index (χ4v) is 3.94. The molecule has 1 aromatic carbocycles. The first kappa shape index (κ1) is 17.6. The van der Waals surface area contributed by atoms with E-state index in [1.165, 1.54) is 17.0 Å². The van der Waals surface area contributed by atoms with Crippen LogP contribution in [0.25, 0.3) is 0 Å². The first-order valence-corrected chi connectivity index (χ1v) is 8.15. The maximum atomic E-state index is 12.7. The summed E-state index contributed by atoms with van der Waals surface area (Å²) in [4.78, 5) is 25.4. The van der Waals surface area contributed by atoms with Gasteiger partial charge in [0.05, 0.1) is 11.0 Å². The number of hydrogen-bond donors (Lipinski definition) is 2. The van der Waals surface area contributed by atoms with E-state index in [1.54, 1.807) is 0 Å². The van der Waals surface area contributed by atoms with Crippen molar-refractivity contribution in [3.63, 3.8) is 0 Å². The third-order valence-electron chi connectivity index (χ3n) is 5.28. The number of likely N-dealkylation sites (tertiary alicyclic amines) is 1. The molecule has 1 heterocycles. The van der Waals surface area contributed by atoms with Crippen molar-refractivity contribution in [1.82, 2.24) is 10.2 Å². The number of carbonyl (C=O) groups excluding carboxylic acids is 1. The van der Waals surface area contributed by atoms with Crippen molar-refractivity contribution in [2.45, 2.75) is 32.0 Å². The third kappa shape index (κ3) is 3.29. The highest BCUT2D eigenvalue weighted by molar-refractivity contribution is 5.80. The van der Waals surface area contributed by atoms with Crippen LogP contribution < -0.4 is 5.32 Å². The van der Waals surface area contributed by atoms with Crippen LogP contribution in [-0.2, 0) is 17.5 Å². The van der Waals surface area contributed by atoms with Gasteiger partial charge in [0.2, 0.25) is 0 Å². The van der Waals surface area contributed by atoms with Crippen LogP contribution in [0.5, 0.6) is 0 Å². The number of nitrogens with one attached hydrogen (secondary N) is 1. The molecular weight excluding hydrogens is 337 g/mol. The Bertz CT molecular complexity index is 692. The van der Waals surface area contributed by atoms with Crippen LogP contribution in [0.4, 0.5) is 18.0 Å². The maximum Gasteiger partial charge on any atom is 0.416 e. The minimum Gasteiger partial charge on any atom is -0.481 e. The molecule has 2 atom stereocenters. The molecule has 25 heavy (non-hydrogen) atoms. The lowest BCUT2D eigenvalue weighted by molar-refractivity contribution is -0.149. The SMILES string of the molecule is O=C(NCc1cccc(C(F)(F)F)c1)N1C[C@@H]2CCC[C@@]2(C(=O)O)C1. The highest BCUT2D eigenvalue weighted by Crippen LogP contribution is 2.48. The summed E-state index contributed by atoms with van der Waals surface area (Å²) < 4.78 is 38.1. The molecule has 136 valence electrons. The molecule has 5 nitrogen and oxygen atoms in total. The Morgan fingerprint density at radius 3 is 2.76 bits per heavy atom. The van der Waals surface area contributed by atoms with Crippen LogP contribution in [0.3, 0.4) is 0 Å². The van der Waals surface area contributed by atoms with Gasteiger partial charge in [0.15, 0.2) is 0 Å². The molecule has 0 unspecified atom stereocenters. The lowest BCUT2D eigenvalue weighted by Gasteiger charge is -2.23. The topological polar surface area (TPSA) is 69.6 Å². The maximum absolute atomic E-state index is 12.7. The van der Waals surface area contributed by atoms with Gasteiger partial charge in [0, 0.05) is 19.6 Å². The Labute approximate surface area is 142 Å². The molecule has 8 heteroatoms. The lowest BCUT2D eigenvalue weighted by atomic mass is 9.81. The van der Waals surface area contributed by atoms with Gasteiger partial charge in [0.25, 0.3) is 0 Å². The van der Waals surface area contributed by atoms with Gasteiger partial charge >= 0.3 is 18.2 Å². The normalized spacial score (nSPS) is 25.7. The molecule has 1 saturated carbocycles. The molecule has 2 amide bonds. The molecule has 0 radical (unpaired) electrons. The predicted octanol–water partition coefficient (Wildman–Crippen LogP) is 3.10. The van der Waals surface area contributed by atoms with Crippen LogP contribution in [0.1, 0.15) is 30.4 Å². The first-order chi connectivity index (χ1) is 11.7. The monoisotopic (exact) mass is 356 g/mol. The van der Waals surface area contributed by atoms with E-state index in [9.17, 15) is 27.9 Å².